The fourth-order valence-corrected chi connectivity index (χ4v) is 7.28. The molecular weight excluding hydrogens is 937 g/mol. The molecule has 0 aliphatic carbocycles. The number of ether oxygens (including phenoxy) is 2. The lowest BCUT2D eigenvalue weighted by Gasteiger charge is -2.29. The van der Waals surface area contributed by atoms with Crippen LogP contribution in [0.15, 0.2) is 84.1 Å². The average molecular weight is 1010 g/mol. The second-order valence-electron chi connectivity index (χ2n) is 19.3. The van der Waals surface area contributed by atoms with E-state index in [1.165, 1.54) is 0 Å². The van der Waals surface area contributed by atoms with Gasteiger partial charge in [-0.3, -0.25) is 28.8 Å². The molecule has 0 aliphatic rings. The van der Waals surface area contributed by atoms with Crippen LogP contribution in [0, 0.1) is 10.8 Å². The van der Waals surface area contributed by atoms with Gasteiger partial charge in [0.25, 0.3) is 23.6 Å². The third-order valence-corrected chi connectivity index (χ3v) is 11.5. The smallest absolute Gasteiger partial charge is 0.265 e. The summed E-state index contributed by atoms with van der Waals surface area (Å²) in [6.07, 6.45) is 6.89. The molecule has 396 valence electrons. The molecule has 4 aromatic rings. The molecule has 1 aromatic heterocycles. The number of nitrogens with two attached hydrogens (primary N) is 2. The van der Waals surface area contributed by atoms with Crippen molar-refractivity contribution in [1.82, 2.24) is 46.9 Å². The van der Waals surface area contributed by atoms with Crippen molar-refractivity contribution < 1.29 is 43.1 Å². The minimum absolute atomic E-state index is 0.0562. The number of primary amides is 2. The van der Waals surface area contributed by atoms with Crippen LogP contribution in [0.5, 0.6) is 5.75 Å². The van der Waals surface area contributed by atoms with E-state index in [4.69, 9.17) is 25.8 Å². The first-order valence-corrected chi connectivity index (χ1v) is 24.5. The molecule has 73 heavy (non-hydrogen) atoms. The van der Waals surface area contributed by atoms with Crippen LogP contribution in [0.3, 0.4) is 0 Å². The second kappa shape index (κ2) is 30.0. The third-order valence-electron chi connectivity index (χ3n) is 11.5. The van der Waals surface area contributed by atoms with E-state index in [2.05, 4.69) is 47.4 Å². The molecular formula is C52H74N12O9. The van der Waals surface area contributed by atoms with Crippen LogP contribution in [0.4, 0.5) is 0 Å². The molecule has 0 saturated carbocycles. The maximum absolute atomic E-state index is 13.2. The SMILES string of the molecule is CN[C@@H](CCCCNC(=O)c1cccc(CO/N=C/C(=O)NCC(C)(C)COCC(C)(C)CNC(=O)c2cccc(OCc3cn(Cc4cccc(C(=O)NCCCC[C@H](NC)C(N)=O)c4)nn3)c2)c1)C(N)=O. The molecule has 21 nitrogen and oxygen atoms in total. The zero-order chi connectivity index (χ0) is 53.2. The van der Waals surface area contributed by atoms with Crippen LogP contribution >= 0.6 is 0 Å². The second-order valence-corrected chi connectivity index (χ2v) is 19.3. The van der Waals surface area contributed by atoms with Crippen LogP contribution in [-0.4, -0.2) is 122 Å². The number of amides is 6. The van der Waals surface area contributed by atoms with Crippen LogP contribution in [0.2, 0.25) is 0 Å². The van der Waals surface area contributed by atoms with Gasteiger partial charge in [-0.05, 0) is 106 Å². The molecule has 0 aliphatic heterocycles. The summed E-state index contributed by atoms with van der Waals surface area (Å²) in [4.78, 5) is 79.2. The van der Waals surface area contributed by atoms with Crippen LogP contribution in [-0.2, 0) is 43.7 Å². The van der Waals surface area contributed by atoms with Gasteiger partial charge in [-0.1, -0.05) is 68.4 Å². The summed E-state index contributed by atoms with van der Waals surface area (Å²) < 4.78 is 13.7. The molecule has 0 bridgehead atoms. The number of unbranched alkanes of at least 4 members (excludes halogenated alkanes) is 2. The summed E-state index contributed by atoms with van der Waals surface area (Å²) in [5.41, 5.74) is 13.5. The number of nitrogens with zero attached hydrogens (tertiary/aromatic N) is 4. The lowest BCUT2D eigenvalue weighted by atomic mass is 9.93. The van der Waals surface area contributed by atoms with E-state index >= 15 is 0 Å². The summed E-state index contributed by atoms with van der Waals surface area (Å²) >= 11 is 0. The average Bonchev–Trinajstić information content (AvgIpc) is 3.82. The molecule has 4 rings (SSSR count). The fraction of sp³-hybridized carbons (Fsp3) is 0.481. The number of nitrogens with one attached hydrogen (secondary N) is 6. The van der Waals surface area contributed by atoms with Crippen molar-refractivity contribution in [1.29, 1.82) is 0 Å². The molecule has 10 N–H and O–H groups in total. The summed E-state index contributed by atoms with van der Waals surface area (Å²) in [5, 5.41) is 29.6. The van der Waals surface area contributed by atoms with Gasteiger partial charge in [-0.15, -0.1) is 5.10 Å². The van der Waals surface area contributed by atoms with Crippen molar-refractivity contribution in [3.05, 3.63) is 113 Å². The summed E-state index contributed by atoms with van der Waals surface area (Å²) in [6.45, 7) is 10.7. The topological polar surface area (TPSA) is 297 Å². The first kappa shape index (κ1) is 58.3. The molecule has 0 saturated heterocycles. The Bertz CT molecular complexity index is 2460. The molecule has 3 aromatic carbocycles. The van der Waals surface area contributed by atoms with Gasteiger partial charge in [0, 0.05) is 53.7 Å². The zero-order valence-electron chi connectivity index (χ0n) is 43.0. The number of aromatic nitrogens is 3. The first-order valence-electron chi connectivity index (χ1n) is 24.5. The Balaban J connectivity index is 1.10. The number of likely N-dealkylation sites (N-methyl/N-ethyl adjacent to an activating group) is 2. The van der Waals surface area contributed by atoms with Gasteiger partial charge in [0.2, 0.25) is 11.8 Å². The van der Waals surface area contributed by atoms with Gasteiger partial charge < -0.3 is 57.7 Å². The van der Waals surface area contributed by atoms with Crippen LogP contribution in [0.25, 0.3) is 0 Å². The number of hydrogen-bond acceptors (Lipinski definition) is 14. The Morgan fingerprint density at radius 1 is 0.671 bits per heavy atom. The van der Waals surface area contributed by atoms with Crippen molar-refractivity contribution >= 4 is 41.7 Å². The Morgan fingerprint density at radius 2 is 1.19 bits per heavy atom. The van der Waals surface area contributed by atoms with E-state index in [1.54, 1.807) is 79.6 Å². The molecule has 2 atom stereocenters. The Kier molecular flexibility index (Phi) is 23.9. The lowest BCUT2D eigenvalue weighted by Crippen LogP contribution is -2.40. The molecule has 0 radical (unpaired) electrons. The number of rotatable bonds is 34. The molecule has 6 amide bonds. The third kappa shape index (κ3) is 22.0. The molecule has 21 heteroatoms. The quantitative estimate of drug-likeness (QED) is 0.0190. The van der Waals surface area contributed by atoms with E-state index in [1.807, 2.05) is 45.9 Å². The van der Waals surface area contributed by atoms with Crippen molar-refractivity contribution in [2.24, 2.45) is 27.5 Å². The van der Waals surface area contributed by atoms with Crippen molar-refractivity contribution in [3.63, 3.8) is 0 Å². The minimum atomic E-state index is -0.436. The van der Waals surface area contributed by atoms with Crippen LogP contribution in [0.1, 0.15) is 114 Å². The van der Waals surface area contributed by atoms with Gasteiger partial charge in [0.15, 0.2) is 0 Å². The normalized spacial score (nSPS) is 12.4. The number of carbonyl (C=O) groups is 6. The standard InChI is InChI=1S/C52H74N12O9/c1-51(2,32-59-45(65)27-61-73-30-37-15-12-17-39(25-37)49(69)58-23-10-8-21-44(56-6)47(54)67)34-71-35-52(3,4)33-60-50(70)40-18-13-19-42(26-40)72-31-41-29-64(63-62-41)28-36-14-11-16-38(24-36)48(68)57-22-9-7-20-43(55-5)46(53)66/h11-19,24-27,29,43-44,55-56H,7-10,20-23,28,30-35H2,1-6H3,(H2,53,66)(H2,54,67)(H,57,68)(H,58,69)(H,59,65)(H,60,70)/b61-27+/t43-,44-/m0/s1. The highest BCUT2D eigenvalue weighted by Gasteiger charge is 2.24. The fourth-order valence-electron chi connectivity index (χ4n) is 7.28. The predicted molar refractivity (Wildman–Crippen MR) is 276 cm³/mol. The zero-order valence-corrected chi connectivity index (χ0v) is 43.0. The summed E-state index contributed by atoms with van der Waals surface area (Å²) in [6, 6.07) is 20.3. The van der Waals surface area contributed by atoms with E-state index in [-0.39, 0.29) is 37.0 Å². The summed E-state index contributed by atoms with van der Waals surface area (Å²) in [7, 11) is 3.38. The monoisotopic (exact) mass is 1010 g/mol. The molecule has 0 spiro atoms. The Hall–Kier alpha value is -7.23. The van der Waals surface area contributed by atoms with E-state index in [0.29, 0.717) is 105 Å². The number of carbonyl (C=O) groups excluding carboxylic acids is 6. The summed E-state index contributed by atoms with van der Waals surface area (Å²) in [5.74, 6) is -1.42. The maximum Gasteiger partial charge on any atom is 0.265 e. The van der Waals surface area contributed by atoms with E-state index in [9.17, 15) is 28.8 Å². The van der Waals surface area contributed by atoms with Gasteiger partial charge in [0.05, 0.1) is 38.0 Å². The van der Waals surface area contributed by atoms with Crippen molar-refractivity contribution in [3.8, 4) is 5.75 Å². The highest BCUT2D eigenvalue weighted by Crippen LogP contribution is 2.20. The number of oxime groups is 1. The number of hydrogen-bond donors (Lipinski definition) is 8. The van der Waals surface area contributed by atoms with Crippen molar-refractivity contribution in [2.45, 2.75) is 98.1 Å². The van der Waals surface area contributed by atoms with Gasteiger partial charge >= 0.3 is 0 Å². The maximum atomic E-state index is 13.2. The molecule has 0 unspecified atom stereocenters. The van der Waals surface area contributed by atoms with Crippen LogP contribution < -0.4 is 48.1 Å². The highest BCUT2D eigenvalue weighted by atomic mass is 16.6. The van der Waals surface area contributed by atoms with Gasteiger partial charge in [0.1, 0.15) is 30.9 Å². The molecule has 0 fully saturated rings. The first-order chi connectivity index (χ1) is 34.9. The highest BCUT2D eigenvalue weighted by molar-refractivity contribution is 6.26. The Morgan fingerprint density at radius 3 is 1.77 bits per heavy atom. The predicted octanol–water partition coefficient (Wildman–Crippen LogP) is 2.97. The van der Waals surface area contributed by atoms with Crippen molar-refractivity contribution in [2.75, 3.05) is 53.5 Å². The number of benzene rings is 3. The minimum Gasteiger partial charge on any atom is -0.487 e. The lowest BCUT2D eigenvalue weighted by molar-refractivity contribution is -0.120. The van der Waals surface area contributed by atoms with Gasteiger partial charge in [-0.2, -0.15) is 0 Å². The molecule has 1 heterocycles. The van der Waals surface area contributed by atoms with Gasteiger partial charge in [-0.25, -0.2) is 4.68 Å². The Labute approximate surface area is 427 Å². The largest absolute Gasteiger partial charge is 0.487 e. The van der Waals surface area contributed by atoms with E-state index in [0.717, 1.165) is 24.6 Å². The van der Waals surface area contributed by atoms with E-state index < -0.39 is 34.6 Å².